The lowest BCUT2D eigenvalue weighted by Gasteiger charge is -2.70. The third-order valence-electron chi connectivity index (χ3n) is 15.9. The highest BCUT2D eigenvalue weighted by molar-refractivity contribution is 6.00. The van der Waals surface area contributed by atoms with Gasteiger partial charge in [0.15, 0.2) is 0 Å². The lowest BCUT2D eigenvalue weighted by molar-refractivity contribution is -0.214. The number of halogens is 2. The van der Waals surface area contributed by atoms with Gasteiger partial charge in [0.05, 0.1) is 17.3 Å². The number of carbonyl (C=O) groups is 4. The number of esters is 1. The molecule has 0 bridgehead atoms. The molecule has 6 aliphatic rings. The predicted molar refractivity (Wildman–Crippen MR) is 186 cm³/mol. The molecule has 1 unspecified atom stereocenters. The molecule has 7 nitrogen and oxygen atoms in total. The molecule has 5 fully saturated rings. The summed E-state index contributed by atoms with van der Waals surface area (Å²) in [5.41, 5.74) is -0.317. The second-order valence-electron chi connectivity index (χ2n) is 19.6. The number of aliphatic carboxylic acids is 1. The minimum absolute atomic E-state index is 0.00865. The summed E-state index contributed by atoms with van der Waals surface area (Å²) in [7, 11) is 0. The van der Waals surface area contributed by atoms with Crippen LogP contribution >= 0.6 is 0 Å². The van der Waals surface area contributed by atoms with Crippen LogP contribution in [-0.4, -0.2) is 58.8 Å². The quantitative estimate of drug-likeness (QED) is 0.220. The van der Waals surface area contributed by atoms with Crippen molar-refractivity contribution in [1.82, 2.24) is 4.90 Å². The Labute approximate surface area is 297 Å². The Morgan fingerprint density at radius 3 is 2.16 bits per heavy atom. The summed E-state index contributed by atoms with van der Waals surface area (Å²) in [6.45, 7) is 19.1. The highest BCUT2D eigenvalue weighted by Crippen LogP contribution is 2.76. The van der Waals surface area contributed by atoms with Gasteiger partial charge in [-0.15, -0.1) is 0 Å². The summed E-state index contributed by atoms with van der Waals surface area (Å²) >= 11 is 0. The number of Topliss-reactive ketones (excluding diaryl/α,β-unsaturated/α-hetero) is 1. The predicted octanol–water partition coefficient (Wildman–Crippen LogP) is 8.64. The maximum atomic E-state index is 14.6. The van der Waals surface area contributed by atoms with Crippen LogP contribution in [-0.2, 0) is 23.9 Å². The molecule has 1 saturated heterocycles. The Morgan fingerprint density at radius 2 is 1.56 bits per heavy atom. The van der Waals surface area contributed by atoms with E-state index in [1.165, 1.54) is 5.57 Å². The first-order valence-electron chi connectivity index (χ1n) is 19.3. The number of allylic oxidation sites excluding steroid dienone is 1. The van der Waals surface area contributed by atoms with Gasteiger partial charge in [0.1, 0.15) is 11.9 Å². The first-order valence-corrected chi connectivity index (χ1v) is 19.3. The minimum Gasteiger partial charge on any atom is -0.481 e. The third-order valence-corrected chi connectivity index (χ3v) is 15.9. The molecule has 6 rings (SSSR count). The maximum absolute atomic E-state index is 14.6. The van der Waals surface area contributed by atoms with E-state index in [-0.39, 0.29) is 90.1 Å². The Morgan fingerprint density at radius 1 is 0.920 bits per heavy atom. The first-order chi connectivity index (χ1) is 23.0. The van der Waals surface area contributed by atoms with E-state index < -0.39 is 28.7 Å². The number of carboxylic acid groups (broad SMARTS) is 1. The molecule has 8 atom stereocenters. The van der Waals surface area contributed by atoms with Crippen molar-refractivity contribution >= 4 is 23.6 Å². The number of carbonyl (C=O) groups excluding carboxylic acids is 3. The number of hydrogen-bond donors (Lipinski definition) is 1. The van der Waals surface area contributed by atoms with Gasteiger partial charge >= 0.3 is 11.9 Å². The molecule has 0 aromatic heterocycles. The fraction of sp³-hybridized carbons (Fsp3) is 0.854. The van der Waals surface area contributed by atoms with Crippen LogP contribution in [0.15, 0.2) is 11.1 Å². The van der Waals surface area contributed by atoms with Crippen molar-refractivity contribution in [2.45, 2.75) is 151 Å². The lowest BCUT2D eigenvalue weighted by Crippen LogP contribution is -2.64. The van der Waals surface area contributed by atoms with Crippen LogP contribution in [0, 0.1) is 56.2 Å². The molecule has 0 aromatic rings. The van der Waals surface area contributed by atoms with Crippen LogP contribution in [0.5, 0.6) is 0 Å². The second-order valence-corrected chi connectivity index (χ2v) is 19.6. The van der Waals surface area contributed by atoms with Gasteiger partial charge in [-0.05, 0) is 105 Å². The molecule has 4 saturated carbocycles. The minimum atomic E-state index is -2.75. The third kappa shape index (κ3) is 5.34. The molecular weight excluding hydrogens is 640 g/mol. The molecule has 1 amide bonds. The number of fused-ring (bicyclic) bond motifs is 6. The van der Waals surface area contributed by atoms with Crippen LogP contribution in [0.2, 0.25) is 0 Å². The number of ketones is 1. The summed E-state index contributed by atoms with van der Waals surface area (Å²) in [5, 5.41) is 9.58. The van der Waals surface area contributed by atoms with Crippen molar-refractivity contribution < 1.29 is 37.8 Å². The van der Waals surface area contributed by atoms with Crippen LogP contribution in [0.3, 0.4) is 0 Å². The number of carboxylic acids is 1. The van der Waals surface area contributed by atoms with Gasteiger partial charge in [-0.25, -0.2) is 8.78 Å². The van der Waals surface area contributed by atoms with Crippen molar-refractivity contribution in [3.05, 3.63) is 11.1 Å². The van der Waals surface area contributed by atoms with Gasteiger partial charge in [0, 0.05) is 43.7 Å². The molecule has 5 aliphatic carbocycles. The van der Waals surface area contributed by atoms with E-state index >= 15 is 0 Å². The average Bonchev–Trinajstić information content (AvgIpc) is 3.31. The van der Waals surface area contributed by atoms with E-state index in [0.29, 0.717) is 18.3 Å². The molecule has 1 heterocycles. The van der Waals surface area contributed by atoms with E-state index in [1.807, 2.05) is 0 Å². The van der Waals surface area contributed by atoms with Gasteiger partial charge < -0.3 is 14.7 Å². The van der Waals surface area contributed by atoms with Gasteiger partial charge in [-0.1, -0.05) is 54.0 Å². The van der Waals surface area contributed by atoms with E-state index in [1.54, 1.807) is 18.7 Å². The standard InChI is InChI=1S/C41H61F2NO6/c1-24(2)31-26(45)22-40(33(47)44-20-18-41(42,43)19-21-44)17-16-38(8)25(32(31)40)10-11-28-37(7)14-13-29(50-30(46)23-35(3,4)34(48)49)36(5,6)27(37)12-15-39(28,38)9/h24,27-29,31H,10-23H2,1-9H3,(H,48,49)/t27-,28+,29-,31?,37-,38+,39+,40+/m0/s1. The molecule has 0 aromatic carbocycles. The molecule has 50 heavy (non-hydrogen) atoms. The van der Waals surface area contributed by atoms with Crippen molar-refractivity contribution in [2.75, 3.05) is 13.1 Å². The number of piperidine rings is 1. The molecule has 1 N–H and O–H groups in total. The Kier molecular flexibility index (Phi) is 8.87. The van der Waals surface area contributed by atoms with E-state index in [9.17, 15) is 33.1 Å². The highest BCUT2D eigenvalue weighted by atomic mass is 19.3. The zero-order chi connectivity index (χ0) is 37.0. The number of hydrogen-bond acceptors (Lipinski definition) is 5. The van der Waals surface area contributed by atoms with E-state index in [4.69, 9.17) is 4.74 Å². The monoisotopic (exact) mass is 701 g/mol. The van der Waals surface area contributed by atoms with Gasteiger partial charge in [0.2, 0.25) is 5.91 Å². The SMILES string of the molecule is CC(C)C1C(=O)C[C@]2(C(=O)N3CCC(F)(F)CC3)CC[C@]3(C)C(=C12)CC[C@@H]1[C@@]2(C)CC[C@H](OC(=O)CC(C)(C)C(=O)O)C(C)(C)[C@@H]2CC[C@]13C. The smallest absolute Gasteiger partial charge is 0.309 e. The molecular formula is C41H61F2NO6. The molecule has 280 valence electrons. The van der Waals surface area contributed by atoms with Crippen LogP contribution in [0.25, 0.3) is 0 Å². The normalized spacial score (nSPS) is 40.8. The Hall–Kier alpha value is -2.32. The summed E-state index contributed by atoms with van der Waals surface area (Å²) < 4.78 is 34.5. The number of rotatable bonds is 6. The average molecular weight is 702 g/mol. The second kappa shape index (κ2) is 11.8. The van der Waals surface area contributed by atoms with Crippen LogP contribution in [0.1, 0.15) is 139 Å². The fourth-order valence-electron chi connectivity index (χ4n) is 12.9. The first kappa shape index (κ1) is 37.4. The fourth-order valence-corrected chi connectivity index (χ4v) is 12.9. The number of amides is 1. The summed E-state index contributed by atoms with van der Waals surface area (Å²) in [6, 6.07) is 0. The Bertz CT molecular complexity index is 1490. The van der Waals surface area contributed by atoms with Gasteiger partial charge in [0.25, 0.3) is 5.92 Å². The molecule has 0 spiro atoms. The maximum Gasteiger partial charge on any atom is 0.309 e. The van der Waals surface area contributed by atoms with Crippen molar-refractivity contribution in [3.63, 3.8) is 0 Å². The van der Waals surface area contributed by atoms with Crippen molar-refractivity contribution in [3.8, 4) is 0 Å². The number of nitrogens with zero attached hydrogens (tertiary/aromatic N) is 1. The molecule has 0 radical (unpaired) electrons. The highest BCUT2D eigenvalue weighted by Gasteiger charge is 2.70. The summed E-state index contributed by atoms with van der Waals surface area (Å²) in [6.07, 6.45) is 5.88. The van der Waals surface area contributed by atoms with Gasteiger partial charge in [-0.3, -0.25) is 19.2 Å². The van der Waals surface area contributed by atoms with Crippen molar-refractivity contribution in [2.24, 2.45) is 56.2 Å². The van der Waals surface area contributed by atoms with Gasteiger partial charge in [-0.2, -0.15) is 0 Å². The van der Waals surface area contributed by atoms with E-state index in [0.717, 1.165) is 50.5 Å². The number of ether oxygens (including phenoxy) is 1. The van der Waals surface area contributed by atoms with Crippen LogP contribution < -0.4 is 0 Å². The summed E-state index contributed by atoms with van der Waals surface area (Å²) in [4.78, 5) is 54.9. The van der Waals surface area contributed by atoms with Crippen LogP contribution in [0.4, 0.5) is 8.78 Å². The number of likely N-dealkylation sites (tertiary alicyclic amines) is 1. The summed E-state index contributed by atoms with van der Waals surface area (Å²) in [5.74, 6) is -3.75. The topological polar surface area (TPSA) is 101 Å². The number of alkyl halides is 2. The lowest BCUT2D eigenvalue weighted by atomic mass is 9.34. The zero-order valence-electron chi connectivity index (χ0n) is 32.0. The largest absolute Gasteiger partial charge is 0.481 e. The van der Waals surface area contributed by atoms with E-state index in [2.05, 4.69) is 48.5 Å². The zero-order valence-corrected chi connectivity index (χ0v) is 32.0. The molecule has 9 heteroatoms. The Balaban J connectivity index is 1.33. The van der Waals surface area contributed by atoms with Crippen molar-refractivity contribution in [1.29, 1.82) is 0 Å². The molecule has 1 aliphatic heterocycles.